The van der Waals surface area contributed by atoms with Crippen molar-refractivity contribution < 1.29 is 18.4 Å². The van der Waals surface area contributed by atoms with Crippen molar-refractivity contribution in [3.05, 3.63) is 35.9 Å². The Balaban J connectivity index is 2.63. The SMILES string of the molecule is CCOP(=O)(OCC)C(=O)C(Br)CCc1ccccc1. The van der Waals surface area contributed by atoms with E-state index < -0.39 is 17.9 Å². The number of rotatable bonds is 9. The molecule has 4 nitrogen and oxygen atoms in total. The summed E-state index contributed by atoms with van der Waals surface area (Å²) in [7, 11) is -3.67. The van der Waals surface area contributed by atoms with E-state index in [1.54, 1.807) is 13.8 Å². The minimum Gasteiger partial charge on any atom is -0.303 e. The number of hydrogen-bond acceptors (Lipinski definition) is 4. The van der Waals surface area contributed by atoms with E-state index in [0.29, 0.717) is 6.42 Å². The number of carbonyl (C=O) groups is 1. The van der Waals surface area contributed by atoms with Crippen molar-refractivity contribution in [2.45, 2.75) is 31.5 Å². The van der Waals surface area contributed by atoms with Gasteiger partial charge in [0.05, 0.1) is 18.0 Å². The van der Waals surface area contributed by atoms with Crippen molar-refractivity contribution in [3.63, 3.8) is 0 Å². The van der Waals surface area contributed by atoms with Crippen LogP contribution in [-0.4, -0.2) is 23.6 Å². The fraction of sp³-hybridized carbons (Fsp3) is 0.500. The molecule has 1 aromatic carbocycles. The first-order valence-electron chi connectivity index (χ1n) is 6.65. The molecule has 0 bridgehead atoms. The second-order valence-electron chi connectivity index (χ2n) is 4.16. The molecule has 0 N–H and O–H groups in total. The van der Waals surface area contributed by atoms with Gasteiger partial charge in [0, 0.05) is 0 Å². The van der Waals surface area contributed by atoms with Gasteiger partial charge < -0.3 is 9.05 Å². The Morgan fingerprint density at radius 2 is 1.75 bits per heavy atom. The molecule has 0 radical (unpaired) electrons. The van der Waals surface area contributed by atoms with Crippen LogP contribution in [0, 0.1) is 0 Å². The number of carbonyl (C=O) groups excluding carboxylic acids is 1. The largest absolute Gasteiger partial charge is 0.397 e. The van der Waals surface area contributed by atoms with Gasteiger partial charge in [-0.15, -0.1) is 0 Å². The third kappa shape index (κ3) is 5.13. The molecule has 20 heavy (non-hydrogen) atoms. The van der Waals surface area contributed by atoms with E-state index in [4.69, 9.17) is 9.05 Å². The monoisotopic (exact) mass is 362 g/mol. The van der Waals surface area contributed by atoms with Gasteiger partial charge in [-0.05, 0) is 32.3 Å². The van der Waals surface area contributed by atoms with Gasteiger partial charge in [-0.25, -0.2) is 0 Å². The Bertz CT molecular complexity index is 454. The normalized spacial score (nSPS) is 13.2. The standard InChI is InChI=1S/C14H20BrO4P/c1-3-18-20(17,19-4-2)14(16)13(15)11-10-12-8-6-5-7-9-12/h5-9,13H,3-4,10-11H2,1-2H3. The summed E-state index contributed by atoms with van der Waals surface area (Å²) in [6.45, 7) is 3.74. The third-order valence-electron chi connectivity index (χ3n) is 2.67. The van der Waals surface area contributed by atoms with Crippen LogP contribution in [0.4, 0.5) is 0 Å². The second-order valence-corrected chi connectivity index (χ2v) is 7.22. The first-order valence-corrected chi connectivity index (χ1v) is 9.10. The summed E-state index contributed by atoms with van der Waals surface area (Å²) in [6, 6.07) is 9.83. The maximum Gasteiger partial charge on any atom is 0.397 e. The van der Waals surface area contributed by atoms with E-state index in [0.717, 1.165) is 12.0 Å². The molecule has 1 atom stereocenters. The predicted molar refractivity (Wildman–Crippen MR) is 83.3 cm³/mol. The molecule has 0 saturated heterocycles. The van der Waals surface area contributed by atoms with Gasteiger partial charge in [0.1, 0.15) is 0 Å². The molecule has 0 aromatic heterocycles. The average Bonchev–Trinajstić information content (AvgIpc) is 2.45. The Hall–Kier alpha value is -0.480. The molecule has 0 aliphatic heterocycles. The molecule has 1 unspecified atom stereocenters. The van der Waals surface area contributed by atoms with Crippen LogP contribution in [0.25, 0.3) is 0 Å². The maximum absolute atomic E-state index is 12.3. The summed E-state index contributed by atoms with van der Waals surface area (Å²) in [4.78, 5) is 11.7. The van der Waals surface area contributed by atoms with Gasteiger partial charge in [-0.2, -0.15) is 0 Å². The molecule has 0 aliphatic rings. The summed E-state index contributed by atoms with van der Waals surface area (Å²) in [5.74, 6) is 0. The zero-order valence-corrected chi connectivity index (χ0v) is 14.2. The highest BCUT2D eigenvalue weighted by Crippen LogP contribution is 2.51. The first kappa shape index (κ1) is 17.6. The summed E-state index contributed by atoms with van der Waals surface area (Å²) < 4.78 is 22.5. The zero-order valence-electron chi connectivity index (χ0n) is 11.8. The van der Waals surface area contributed by atoms with Gasteiger partial charge in [-0.3, -0.25) is 9.36 Å². The van der Waals surface area contributed by atoms with Crippen LogP contribution in [0.5, 0.6) is 0 Å². The van der Waals surface area contributed by atoms with Crippen molar-refractivity contribution in [1.29, 1.82) is 0 Å². The van der Waals surface area contributed by atoms with Crippen LogP contribution < -0.4 is 0 Å². The highest BCUT2D eigenvalue weighted by atomic mass is 79.9. The molecular weight excluding hydrogens is 343 g/mol. The van der Waals surface area contributed by atoms with Crippen LogP contribution in [0.2, 0.25) is 0 Å². The fourth-order valence-electron chi connectivity index (χ4n) is 1.74. The molecule has 0 heterocycles. The lowest BCUT2D eigenvalue weighted by molar-refractivity contribution is -0.113. The van der Waals surface area contributed by atoms with E-state index in [1.165, 1.54) is 0 Å². The fourth-order valence-corrected chi connectivity index (χ4v) is 4.20. The smallest absolute Gasteiger partial charge is 0.303 e. The highest BCUT2D eigenvalue weighted by Gasteiger charge is 2.38. The summed E-state index contributed by atoms with van der Waals surface area (Å²) in [6.07, 6.45) is 1.27. The van der Waals surface area contributed by atoms with E-state index in [9.17, 15) is 9.36 Å². The number of alkyl halides is 1. The molecule has 1 rings (SSSR count). The molecule has 0 saturated carbocycles. The van der Waals surface area contributed by atoms with Crippen molar-refractivity contribution in [1.82, 2.24) is 0 Å². The summed E-state index contributed by atoms with van der Waals surface area (Å²) in [5, 5.41) is 0. The Morgan fingerprint density at radius 3 is 2.25 bits per heavy atom. The molecular formula is C14H20BrO4P. The van der Waals surface area contributed by atoms with Gasteiger partial charge in [0.2, 0.25) is 0 Å². The average molecular weight is 363 g/mol. The van der Waals surface area contributed by atoms with Gasteiger partial charge in [-0.1, -0.05) is 46.3 Å². The van der Waals surface area contributed by atoms with E-state index in [1.807, 2.05) is 30.3 Å². The number of hydrogen-bond donors (Lipinski definition) is 0. The molecule has 1 aromatic rings. The van der Waals surface area contributed by atoms with Crippen molar-refractivity contribution in [2.24, 2.45) is 0 Å². The Labute approximate surface area is 128 Å². The van der Waals surface area contributed by atoms with E-state index >= 15 is 0 Å². The lowest BCUT2D eigenvalue weighted by atomic mass is 10.1. The Morgan fingerprint density at radius 1 is 1.20 bits per heavy atom. The number of benzene rings is 1. The van der Waals surface area contributed by atoms with Crippen LogP contribution in [-0.2, 0) is 24.8 Å². The number of aryl methyl sites for hydroxylation is 1. The molecule has 0 fully saturated rings. The maximum atomic E-state index is 12.3. The van der Waals surface area contributed by atoms with Crippen molar-refractivity contribution in [3.8, 4) is 0 Å². The van der Waals surface area contributed by atoms with Gasteiger partial charge in [0.25, 0.3) is 5.52 Å². The highest BCUT2D eigenvalue weighted by molar-refractivity contribution is 9.10. The Kier molecular flexibility index (Phi) is 7.67. The van der Waals surface area contributed by atoms with E-state index in [2.05, 4.69) is 15.9 Å². The molecule has 0 aliphatic carbocycles. The zero-order chi connectivity index (χ0) is 15.0. The quantitative estimate of drug-likeness (QED) is 0.488. The summed E-state index contributed by atoms with van der Waals surface area (Å²) >= 11 is 3.29. The lowest BCUT2D eigenvalue weighted by Gasteiger charge is -2.18. The first-order chi connectivity index (χ1) is 9.53. The van der Waals surface area contributed by atoms with Crippen molar-refractivity contribution in [2.75, 3.05) is 13.2 Å². The minimum atomic E-state index is -3.67. The second kappa shape index (κ2) is 8.73. The number of halogens is 1. The summed E-state index contributed by atoms with van der Waals surface area (Å²) in [5.41, 5.74) is 0.629. The topological polar surface area (TPSA) is 52.6 Å². The van der Waals surface area contributed by atoms with Crippen molar-refractivity contribution >= 4 is 29.1 Å². The van der Waals surface area contributed by atoms with Gasteiger partial charge in [0.15, 0.2) is 0 Å². The molecule has 0 spiro atoms. The van der Waals surface area contributed by atoms with Crippen LogP contribution >= 0.6 is 23.5 Å². The predicted octanol–water partition coefficient (Wildman–Crippen LogP) is 4.18. The van der Waals surface area contributed by atoms with Crippen LogP contribution in [0.15, 0.2) is 30.3 Å². The lowest BCUT2D eigenvalue weighted by Crippen LogP contribution is -2.18. The van der Waals surface area contributed by atoms with Crippen LogP contribution in [0.1, 0.15) is 25.8 Å². The third-order valence-corrected chi connectivity index (χ3v) is 5.94. The van der Waals surface area contributed by atoms with Gasteiger partial charge >= 0.3 is 7.60 Å². The molecule has 112 valence electrons. The minimum absolute atomic E-state index is 0.182. The van der Waals surface area contributed by atoms with E-state index in [-0.39, 0.29) is 13.2 Å². The van der Waals surface area contributed by atoms with Crippen LogP contribution in [0.3, 0.4) is 0 Å². The molecule has 0 amide bonds. The molecule has 6 heteroatoms.